The number of para-hydroxylation sites is 1. The Morgan fingerprint density at radius 1 is 1.38 bits per heavy atom. The number of aliphatic imine (C=N–C) groups is 1. The summed E-state index contributed by atoms with van der Waals surface area (Å²) in [4.78, 5) is 6.38. The van der Waals surface area contributed by atoms with Crippen molar-refractivity contribution >= 4 is 17.7 Å². The van der Waals surface area contributed by atoms with Gasteiger partial charge < -0.3 is 5.21 Å². The first-order chi connectivity index (χ1) is 7.75. The van der Waals surface area contributed by atoms with E-state index in [1.165, 1.54) is 0 Å². The first kappa shape index (κ1) is 9.15. The van der Waals surface area contributed by atoms with E-state index in [1.807, 2.05) is 36.1 Å². The van der Waals surface area contributed by atoms with Crippen molar-refractivity contribution in [2.45, 2.75) is 6.92 Å². The van der Waals surface area contributed by atoms with Gasteiger partial charge in [-0.15, -0.1) is 0 Å². The molecule has 0 amide bonds. The van der Waals surface area contributed by atoms with Crippen LogP contribution in [0.4, 0.5) is 5.69 Å². The molecule has 2 aliphatic heterocycles. The molecule has 2 heterocycles. The SMILES string of the molecule is CC1=NCC2=C[N+]([O-])=Cc3ccccc3N21. The minimum absolute atomic E-state index is 0.576. The molecule has 0 saturated carbocycles. The molecule has 0 bridgehead atoms. The summed E-state index contributed by atoms with van der Waals surface area (Å²) in [5.41, 5.74) is 2.86. The molecular weight excluding hydrogens is 202 g/mol. The molecule has 0 aromatic heterocycles. The number of hydroxylamine groups is 1. The van der Waals surface area contributed by atoms with Gasteiger partial charge in [0.15, 0.2) is 6.21 Å². The maximum absolute atomic E-state index is 11.6. The van der Waals surface area contributed by atoms with Gasteiger partial charge in [0.05, 0.1) is 17.8 Å². The van der Waals surface area contributed by atoms with Gasteiger partial charge in [0.1, 0.15) is 11.5 Å². The predicted molar refractivity (Wildman–Crippen MR) is 63.8 cm³/mol. The van der Waals surface area contributed by atoms with Crippen LogP contribution >= 0.6 is 0 Å². The van der Waals surface area contributed by atoms with Gasteiger partial charge in [-0.3, -0.25) is 9.89 Å². The highest BCUT2D eigenvalue weighted by Gasteiger charge is 2.26. The Morgan fingerprint density at radius 2 is 2.19 bits per heavy atom. The summed E-state index contributed by atoms with van der Waals surface area (Å²) < 4.78 is 0.849. The molecule has 16 heavy (non-hydrogen) atoms. The van der Waals surface area contributed by atoms with Gasteiger partial charge in [-0.25, -0.2) is 0 Å². The molecular formula is C12H11N3O. The maximum atomic E-state index is 11.6. The van der Waals surface area contributed by atoms with Crippen LogP contribution in [0.25, 0.3) is 0 Å². The van der Waals surface area contributed by atoms with Crippen LogP contribution in [-0.4, -0.2) is 23.3 Å². The van der Waals surface area contributed by atoms with Crippen molar-refractivity contribution in [2.24, 2.45) is 4.99 Å². The zero-order chi connectivity index (χ0) is 11.1. The number of nitrogens with zero attached hydrogens (tertiary/aromatic N) is 3. The van der Waals surface area contributed by atoms with Gasteiger partial charge >= 0.3 is 0 Å². The molecule has 80 valence electrons. The maximum Gasteiger partial charge on any atom is 0.202 e. The Morgan fingerprint density at radius 3 is 3.06 bits per heavy atom. The standard InChI is InChI=1S/C12H11N3O/c1-9-13-6-11-8-14(16)7-10-4-2-3-5-12(10)15(9)11/h2-5,7-8H,6H2,1H3. The van der Waals surface area contributed by atoms with Crippen LogP contribution in [0.1, 0.15) is 12.5 Å². The van der Waals surface area contributed by atoms with Gasteiger partial charge in [0, 0.05) is 0 Å². The highest BCUT2D eigenvalue weighted by atomic mass is 16.5. The van der Waals surface area contributed by atoms with Crippen molar-refractivity contribution in [3.63, 3.8) is 0 Å². The first-order valence-corrected chi connectivity index (χ1v) is 5.17. The molecule has 0 N–H and O–H groups in total. The molecule has 1 aromatic rings. The number of anilines is 1. The number of benzene rings is 1. The lowest BCUT2D eigenvalue weighted by Gasteiger charge is -2.19. The van der Waals surface area contributed by atoms with Crippen molar-refractivity contribution in [3.05, 3.63) is 46.9 Å². The smallest absolute Gasteiger partial charge is 0.202 e. The van der Waals surface area contributed by atoms with Gasteiger partial charge in [0.2, 0.25) is 6.20 Å². The van der Waals surface area contributed by atoms with E-state index in [9.17, 15) is 5.21 Å². The summed E-state index contributed by atoms with van der Waals surface area (Å²) in [6.45, 7) is 2.53. The average Bonchev–Trinajstić information content (AvgIpc) is 2.55. The Balaban J connectivity index is 2.25. The van der Waals surface area contributed by atoms with Crippen LogP contribution < -0.4 is 4.90 Å². The zero-order valence-corrected chi connectivity index (χ0v) is 8.92. The average molecular weight is 213 g/mol. The summed E-state index contributed by atoms with van der Waals surface area (Å²) in [5.74, 6) is 0.933. The van der Waals surface area contributed by atoms with Crippen LogP contribution in [0.5, 0.6) is 0 Å². The first-order valence-electron chi connectivity index (χ1n) is 5.17. The number of amidine groups is 1. The number of rotatable bonds is 0. The van der Waals surface area contributed by atoms with Crippen molar-refractivity contribution in [3.8, 4) is 0 Å². The van der Waals surface area contributed by atoms with E-state index < -0.39 is 0 Å². The fraction of sp³-hybridized carbons (Fsp3) is 0.167. The molecule has 0 radical (unpaired) electrons. The molecule has 0 atom stereocenters. The Kier molecular flexibility index (Phi) is 1.83. The van der Waals surface area contributed by atoms with Crippen molar-refractivity contribution in [1.82, 2.24) is 0 Å². The highest BCUT2D eigenvalue weighted by molar-refractivity contribution is 6.05. The van der Waals surface area contributed by atoms with Gasteiger partial charge in [0.25, 0.3) is 0 Å². The second-order valence-corrected chi connectivity index (χ2v) is 3.87. The van der Waals surface area contributed by atoms with Gasteiger partial charge in [-0.1, -0.05) is 12.1 Å². The van der Waals surface area contributed by atoms with Crippen molar-refractivity contribution < 1.29 is 4.74 Å². The molecule has 0 unspecified atom stereocenters. The van der Waals surface area contributed by atoms with E-state index in [0.717, 1.165) is 27.5 Å². The minimum Gasteiger partial charge on any atom is -0.619 e. The fourth-order valence-corrected chi connectivity index (χ4v) is 2.09. The second-order valence-electron chi connectivity index (χ2n) is 3.87. The van der Waals surface area contributed by atoms with Gasteiger partial charge in [-0.2, -0.15) is 4.74 Å². The monoisotopic (exact) mass is 213 g/mol. The van der Waals surface area contributed by atoms with Crippen LogP contribution in [0, 0.1) is 5.21 Å². The lowest BCUT2D eigenvalue weighted by molar-refractivity contribution is -0.373. The Hall–Kier alpha value is -2.10. The number of hydrogen-bond acceptors (Lipinski definition) is 3. The topological polar surface area (TPSA) is 41.7 Å². The molecule has 3 rings (SSSR count). The van der Waals surface area contributed by atoms with E-state index in [2.05, 4.69) is 4.99 Å². The third-order valence-corrected chi connectivity index (χ3v) is 2.80. The quantitative estimate of drug-likeness (QED) is 0.486. The van der Waals surface area contributed by atoms with E-state index in [1.54, 1.807) is 12.4 Å². The fourth-order valence-electron chi connectivity index (χ4n) is 2.09. The second kappa shape index (κ2) is 3.20. The Bertz CT molecular complexity index is 543. The van der Waals surface area contributed by atoms with E-state index in [4.69, 9.17) is 0 Å². The van der Waals surface area contributed by atoms with E-state index in [-0.39, 0.29) is 0 Å². The summed E-state index contributed by atoms with van der Waals surface area (Å²) in [6.07, 6.45) is 3.17. The Labute approximate surface area is 93.4 Å². The third kappa shape index (κ3) is 1.23. The molecule has 4 nitrogen and oxygen atoms in total. The normalized spacial score (nSPS) is 18.1. The summed E-state index contributed by atoms with van der Waals surface area (Å²) >= 11 is 0. The van der Waals surface area contributed by atoms with E-state index in [0.29, 0.717) is 6.54 Å². The molecule has 0 spiro atoms. The van der Waals surface area contributed by atoms with Crippen LogP contribution in [-0.2, 0) is 0 Å². The number of hydrogen-bond donors (Lipinski definition) is 0. The van der Waals surface area contributed by atoms with Crippen LogP contribution in [0.2, 0.25) is 0 Å². The van der Waals surface area contributed by atoms with Gasteiger partial charge in [-0.05, 0) is 19.1 Å². The van der Waals surface area contributed by atoms with E-state index >= 15 is 0 Å². The third-order valence-electron chi connectivity index (χ3n) is 2.80. The van der Waals surface area contributed by atoms with Crippen molar-refractivity contribution in [1.29, 1.82) is 0 Å². The highest BCUT2D eigenvalue weighted by Crippen LogP contribution is 2.28. The molecule has 2 aliphatic rings. The summed E-state index contributed by atoms with van der Waals surface area (Å²) in [7, 11) is 0. The lowest BCUT2D eigenvalue weighted by Crippen LogP contribution is -2.23. The molecule has 0 fully saturated rings. The molecule has 1 aromatic carbocycles. The lowest BCUT2D eigenvalue weighted by atomic mass is 10.1. The number of fused-ring (bicyclic) bond motifs is 3. The predicted octanol–water partition coefficient (Wildman–Crippen LogP) is 1.71. The van der Waals surface area contributed by atoms with Crippen LogP contribution in [0.3, 0.4) is 0 Å². The molecule has 0 aliphatic carbocycles. The summed E-state index contributed by atoms with van der Waals surface area (Å²) in [5, 5.41) is 11.6. The largest absolute Gasteiger partial charge is 0.619 e. The molecule has 4 heteroatoms. The van der Waals surface area contributed by atoms with Crippen molar-refractivity contribution in [2.75, 3.05) is 11.4 Å². The summed E-state index contributed by atoms with van der Waals surface area (Å²) in [6, 6.07) is 7.83. The van der Waals surface area contributed by atoms with Crippen LogP contribution in [0.15, 0.2) is 41.2 Å². The minimum atomic E-state index is 0.576. The molecule has 0 saturated heterocycles. The zero-order valence-electron chi connectivity index (χ0n) is 8.92.